The van der Waals surface area contributed by atoms with Gasteiger partial charge in [-0.05, 0) is 23.8 Å². The number of nitrogens with one attached hydrogen (secondary N) is 1. The van der Waals surface area contributed by atoms with Gasteiger partial charge in [-0.1, -0.05) is 23.4 Å². The van der Waals surface area contributed by atoms with Crippen molar-refractivity contribution in [2.75, 3.05) is 6.54 Å². The Morgan fingerprint density at radius 1 is 1.18 bits per heavy atom. The minimum absolute atomic E-state index is 0.143. The van der Waals surface area contributed by atoms with Gasteiger partial charge in [0, 0.05) is 13.0 Å². The van der Waals surface area contributed by atoms with Crippen LogP contribution in [0.25, 0.3) is 11.6 Å². The molecule has 6 heteroatoms. The number of fused-ring (bicyclic) bond motifs is 1. The zero-order valence-electron chi connectivity index (χ0n) is 11.9. The van der Waals surface area contributed by atoms with E-state index in [0.29, 0.717) is 24.0 Å². The van der Waals surface area contributed by atoms with Crippen molar-refractivity contribution in [3.8, 4) is 17.3 Å². The van der Waals surface area contributed by atoms with Crippen molar-refractivity contribution in [1.29, 1.82) is 0 Å². The molecule has 1 aliphatic heterocycles. The van der Waals surface area contributed by atoms with Gasteiger partial charge in [-0.2, -0.15) is 4.98 Å². The van der Waals surface area contributed by atoms with E-state index in [2.05, 4.69) is 21.5 Å². The van der Waals surface area contributed by atoms with Crippen LogP contribution in [-0.2, 0) is 13.0 Å². The number of aromatic nitrogens is 2. The molecule has 1 unspecified atom stereocenters. The summed E-state index contributed by atoms with van der Waals surface area (Å²) in [5.41, 5.74) is 1.26. The number of benzene rings is 1. The van der Waals surface area contributed by atoms with Gasteiger partial charge in [0.2, 0.25) is 11.7 Å². The molecule has 1 aliphatic rings. The fraction of sp³-hybridized carbons (Fsp3) is 0.250. The Labute approximate surface area is 127 Å². The molecule has 0 radical (unpaired) electrons. The summed E-state index contributed by atoms with van der Waals surface area (Å²) in [6.07, 6.45) is 2.65. The summed E-state index contributed by atoms with van der Waals surface area (Å²) >= 11 is 0. The van der Waals surface area contributed by atoms with Crippen molar-refractivity contribution in [3.05, 3.63) is 54.1 Å². The molecule has 0 fully saturated rings. The maximum Gasteiger partial charge on any atom is 0.241 e. The molecule has 112 valence electrons. The summed E-state index contributed by atoms with van der Waals surface area (Å²) < 4.78 is 16.3. The van der Waals surface area contributed by atoms with E-state index in [4.69, 9.17) is 13.7 Å². The molecular formula is C16H15N3O3. The van der Waals surface area contributed by atoms with Crippen LogP contribution in [0.1, 0.15) is 11.5 Å². The first-order chi connectivity index (χ1) is 10.9. The Bertz CT molecular complexity index is 727. The largest absolute Gasteiger partial charge is 0.488 e. The third-order valence-electron chi connectivity index (χ3n) is 3.57. The minimum Gasteiger partial charge on any atom is -0.488 e. The molecule has 4 rings (SSSR count). The zero-order chi connectivity index (χ0) is 14.8. The first-order valence-electron chi connectivity index (χ1n) is 7.20. The average Bonchev–Trinajstić information content (AvgIpc) is 3.27. The molecule has 2 aromatic heterocycles. The van der Waals surface area contributed by atoms with Crippen LogP contribution in [0.4, 0.5) is 0 Å². The molecule has 0 spiro atoms. The number of hydrogen-bond acceptors (Lipinski definition) is 6. The predicted octanol–water partition coefficient (Wildman–Crippen LogP) is 2.42. The van der Waals surface area contributed by atoms with E-state index < -0.39 is 0 Å². The van der Waals surface area contributed by atoms with Crippen LogP contribution in [0, 0.1) is 0 Å². The lowest BCUT2D eigenvalue weighted by atomic mass is 10.1. The van der Waals surface area contributed by atoms with Crippen molar-refractivity contribution < 1.29 is 13.7 Å². The average molecular weight is 297 g/mol. The third-order valence-corrected chi connectivity index (χ3v) is 3.57. The van der Waals surface area contributed by atoms with Gasteiger partial charge in [0.05, 0.1) is 12.8 Å². The van der Waals surface area contributed by atoms with Crippen LogP contribution in [0.5, 0.6) is 5.75 Å². The molecule has 6 nitrogen and oxygen atoms in total. The second kappa shape index (κ2) is 5.65. The molecule has 1 aromatic carbocycles. The quantitative estimate of drug-likeness (QED) is 0.779. The summed E-state index contributed by atoms with van der Waals surface area (Å²) in [6.45, 7) is 1.23. The lowest BCUT2D eigenvalue weighted by molar-refractivity contribution is 0.224. The highest BCUT2D eigenvalue weighted by Gasteiger charge is 2.22. The maximum atomic E-state index is 5.86. The number of nitrogens with zero attached hydrogens (tertiary/aromatic N) is 2. The van der Waals surface area contributed by atoms with Gasteiger partial charge in [0.25, 0.3) is 0 Å². The fourth-order valence-corrected chi connectivity index (χ4v) is 2.54. The molecule has 3 aromatic rings. The van der Waals surface area contributed by atoms with Crippen LogP contribution >= 0.6 is 0 Å². The summed E-state index contributed by atoms with van der Waals surface area (Å²) in [5.74, 6) is 2.57. The second-order valence-corrected chi connectivity index (χ2v) is 5.17. The van der Waals surface area contributed by atoms with Crippen LogP contribution in [0.2, 0.25) is 0 Å². The first-order valence-corrected chi connectivity index (χ1v) is 7.20. The van der Waals surface area contributed by atoms with Crippen molar-refractivity contribution in [2.45, 2.75) is 19.1 Å². The third kappa shape index (κ3) is 2.60. The highest BCUT2D eigenvalue weighted by Crippen LogP contribution is 2.27. The highest BCUT2D eigenvalue weighted by molar-refractivity contribution is 5.44. The SMILES string of the molecule is c1coc(-c2noc(CNCC3Cc4ccccc4O3)n2)c1. The summed E-state index contributed by atoms with van der Waals surface area (Å²) in [4.78, 5) is 4.28. The Balaban J connectivity index is 1.30. The number of furan rings is 1. The van der Waals surface area contributed by atoms with E-state index in [0.717, 1.165) is 18.7 Å². The Hall–Kier alpha value is -2.60. The molecule has 0 amide bonds. The molecule has 1 N–H and O–H groups in total. The summed E-state index contributed by atoms with van der Waals surface area (Å²) in [6, 6.07) is 11.7. The maximum absolute atomic E-state index is 5.86. The van der Waals surface area contributed by atoms with Gasteiger partial charge < -0.3 is 19.0 Å². The van der Waals surface area contributed by atoms with Crippen LogP contribution < -0.4 is 10.1 Å². The molecule has 0 saturated heterocycles. The number of para-hydroxylation sites is 1. The van der Waals surface area contributed by atoms with E-state index in [1.54, 1.807) is 18.4 Å². The second-order valence-electron chi connectivity index (χ2n) is 5.17. The summed E-state index contributed by atoms with van der Waals surface area (Å²) in [5, 5.41) is 7.18. The van der Waals surface area contributed by atoms with Gasteiger partial charge in [-0.25, -0.2) is 0 Å². The van der Waals surface area contributed by atoms with E-state index in [1.165, 1.54) is 5.56 Å². The standard InChI is InChI=1S/C16H15N3O3/c1-2-5-13-11(4-1)8-12(21-13)9-17-10-15-18-16(19-22-15)14-6-3-7-20-14/h1-7,12,17H,8-10H2. The fourth-order valence-electron chi connectivity index (χ4n) is 2.54. The first kappa shape index (κ1) is 13.1. The van der Waals surface area contributed by atoms with Crippen molar-refractivity contribution in [2.24, 2.45) is 0 Å². The Morgan fingerprint density at radius 3 is 3.00 bits per heavy atom. The zero-order valence-corrected chi connectivity index (χ0v) is 11.9. The van der Waals surface area contributed by atoms with Gasteiger partial charge in [-0.3, -0.25) is 0 Å². The Morgan fingerprint density at radius 2 is 2.14 bits per heavy atom. The number of rotatable bonds is 5. The number of hydrogen-bond donors (Lipinski definition) is 1. The topological polar surface area (TPSA) is 73.3 Å². The smallest absolute Gasteiger partial charge is 0.241 e. The normalized spacial score (nSPS) is 16.5. The monoisotopic (exact) mass is 297 g/mol. The molecule has 3 heterocycles. The predicted molar refractivity (Wildman–Crippen MR) is 78.3 cm³/mol. The van der Waals surface area contributed by atoms with Crippen LogP contribution in [0.15, 0.2) is 51.6 Å². The summed E-state index contributed by atoms with van der Waals surface area (Å²) in [7, 11) is 0. The van der Waals surface area contributed by atoms with Gasteiger partial charge >= 0.3 is 0 Å². The van der Waals surface area contributed by atoms with Crippen LogP contribution in [0.3, 0.4) is 0 Å². The lowest BCUT2D eigenvalue weighted by Crippen LogP contribution is -2.29. The van der Waals surface area contributed by atoms with E-state index in [-0.39, 0.29) is 6.10 Å². The molecule has 0 saturated carbocycles. The van der Waals surface area contributed by atoms with Gasteiger partial charge in [0.1, 0.15) is 11.9 Å². The van der Waals surface area contributed by atoms with E-state index >= 15 is 0 Å². The van der Waals surface area contributed by atoms with Crippen molar-refractivity contribution in [3.63, 3.8) is 0 Å². The molecule has 0 aliphatic carbocycles. The molecule has 0 bridgehead atoms. The molecule has 22 heavy (non-hydrogen) atoms. The Kier molecular flexibility index (Phi) is 3.36. The van der Waals surface area contributed by atoms with E-state index in [9.17, 15) is 0 Å². The van der Waals surface area contributed by atoms with Gasteiger partial charge in [-0.15, -0.1) is 0 Å². The lowest BCUT2D eigenvalue weighted by Gasteiger charge is -2.10. The van der Waals surface area contributed by atoms with Crippen molar-refractivity contribution >= 4 is 0 Å². The number of ether oxygens (including phenoxy) is 1. The van der Waals surface area contributed by atoms with Crippen molar-refractivity contribution in [1.82, 2.24) is 15.5 Å². The molecular weight excluding hydrogens is 282 g/mol. The van der Waals surface area contributed by atoms with E-state index in [1.807, 2.05) is 18.2 Å². The minimum atomic E-state index is 0.143. The van der Waals surface area contributed by atoms with Crippen LogP contribution in [-0.4, -0.2) is 22.8 Å². The molecule has 1 atom stereocenters. The highest BCUT2D eigenvalue weighted by atomic mass is 16.5. The van der Waals surface area contributed by atoms with Gasteiger partial charge in [0.15, 0.2) is 5.76 Å².